The molecule has 0 bridgehead atoms. The van der Waals surface area contributed by atoms with Gasteiger partial charge in [0, 0.05) is 23.3 Å². The Morgan fingerprint density at radius 3 is 2.31 bits per heavy atom. The summed E-state index contributed by atoms with van der Waals surface area (Å²) in [7, 11) is -2.43. The molecule has 10 nitrogen and oxygen atoms in total. The maximum absolute atomic E-state index is 13.1. The first-order chi connectivity index (χ1) is 16.8. The monoisotopic (exact) mass is 492 g/mol. The van der Waals surface area contributed by atoms with Gasteiger partial charge in [-0.3, -0.25) is 10.1 Å². The number of nitrogens with one attached hydrogen (secondary N) is 1. The van der Waals surface area contributed by atoms with Crippen LogP contribution in [0.5, 0.6) is 5.75 Å². The average molecular weight is 493 g/mol. The van der Waals surface area contributed by atoms with Crippen molar-refractivity contribution in [2.75, 3.05) is 7.11 Å². The van der Waals surface area contributed by atoms with Gasteiger partial charge >= 0.3 is 0 Å². The second-order valence-electron chi connectivity index (χ2n) is 7.39. The van der Waals surface area contributed by atoms with E-state index in [-0.39, 0.29) is 27.9 Å². The molecule has 3 aromatic carbocycles. The summed E-state index contributed by atoms with van der Waals surface area (Å²) in [6.07, 6.45) is 0. The van der Waals surface area contributed by atoms with Gasteiger partial charge in [0.05, 0.1) is 23.0 Å². The summed E-state index contributed by atoms with van der Waals surface area (Å²) in [6.45, 7) is 3.99. The molecule has 0 aliphatic heterocycles. The van der Waals surface area contributed by atoms with E-state index in [9.17, 15) is 18.5 Å². The van der Waals surface area contributed by atoms with Gasteiger partial charge in [-0.15, -0.1) is 0 Å². The molecule has 178 valence electrons. The molecule has 0 unspecified atom stereocenters. The molecule has 1 atom stereocenters. The van der Waals surface area contributed by atoms with E-state index >= 15 is 0 Å². The number of benzene rings is 3. The number of aromatic nitrogens is 2. The van der Waals surface area contributed by atoms with Gasteiger partial charge in [-0.2, -0.15) is 9.71 Å². The minimum absolute atomic E-state index is 0.00920. The third kappa shape index (κ3) is 5.26. The van der Waals surface area contributed by atoms with Crippen LogP contribution in [-0.2, 0) is 10.0 Å². The number of ether oxygens (including phenoxy) is 1. The predicted molar refractivity (Wildman–Crippen MR) is 128 cm³/mol. The van der Waals surface area contributed by atoms with E-state index in [1.54, 1.807) is 49.6 Å². The molecule has 0 radical (unpaired) electrons. The molecule has 0 saturated carbocycles. The molecular weight excluding hydrogens is 472 g/mol. The van der Waals surface area contributed by atoms with Gasteiger partial charge in [-0.25, -0.2) is 8.42 Å². The van der Waals surface area contributed by atoms with E-state index in [4.69, 9.17) is 9.26 Å². The van der Waals surface area contributed by atoms with Crippen LogP contribution in [0, 0.1) is 10.1 Å². The Hall–Kier alpha value is -4.35. The summed E-state index contributed by atoms with van der Waals surface area (Å²) in [5, 5.41) is 15.0. The zero-order valence-electron chi connectivity index (χ0n) is 18.5. The summed E-state index contributed by atoms with van der Waals surface area (Å²) in [5.74, 6) is 0.947. The lowest BCUT2D eigenvalue weighted by Crippen LogP contribution is -2.29. The molecule has 1 aromatic heterocycles. The lowest BCUT2D eigenvalue weighted by Gasteiger charge is -2.19. The van der Waals surface area contributed by atoms with Crippen LogP contribution in [0.1, 0.15) is 17.5 Å². The molecule has 11 heteroatoms. The SMILES string of the molecule is C=C(c1nc(-c2ccc(OC)cc2)no1)[C@@H](NS(=O)(=O)c1ccccc1)c1ccc([N+](=O)[O-])cc1. The zero-order chi connectivity index (χ0) is 25.0. The molecule has 0 fully saturated rings. The zero-order valence-corrected chi connectivity index (χ0v) is 19.3. The highest BCUT2D eigenvalue weighted by atomic mass is 32.2. The fraction of sp³-hybridized carbons (Fsp3) is 0.0833. The van der Waals surface area contributed by atoms with Crippen LogP contribution >= 0.6 is 0 Å². The van der Waals surface area contributed by atoms with Gasteiger partial charge in [0.25, 0.3) is 11.6 Å². The van der Waals surface area contributed by atoms with Gasteiger partial charge in [0.15, 0.2) is 0 Å². The number of sulfonamides is 1. The third-order valence-corrected chi connectivity index (χ3v) is 6.60. The van der Waals surface area contributed by atoms with Crippen molar-refractivity contribution in [3.05, 3.63) is 107 Å². The first-order valence-electron chi connectivity index (χ1n) is 10.3. The van der Waals surface area contributed by atoms with Crippen LogP contribution in [0.4, 0.5) is 5.69 Å². The Kier molecular flexibility index (Phi) is 6.71. The highest BCUT2D eigenvalue weighted by molar-refractivity contribution is 7.89. The van der Waals surface area contributed by atoms with E-state index in [1.165, 1.54) is 36.4 Å². The molecule has 35 heavy (non-hydrogen) atoms. The Morgan fingerprint density at radius 2 is 1.71 bits per heavy atom. The van der Waals surface area contributed by atoms with Crippen LogP contribution in [-0.4, -0.2) is 30.6 Å². The van der Waals surface area contributed by atoms with Crippen LogP contribution in [0.25, 0.3) is 17.0 Å². The van der Waals surface area contributed by atoms with Gasteiger partial charge in [-0.05, 0) is 42.0 Å². The molecule has 4 aromatic rings. The molecule has 0 saturated heterocycles. The van der Waals surface area contributed by atoms with E-state index < -0.39 is 21.0 Å². The van der Waals surface area contributed by atoms with E-state index in [0.29, 0.717) is 16.9 Å². The minimum Gasteiger partial charge on any atom is -0.497 e. The van der Waals surface area contributed by atoms with Crippen LogP contribution in [0.15, 0.2) is 94.9 Å². The van der Waals surface area contributed by atoms with Crippen molar-refractivity contribution in [3.8, 4) is 17.1 Å². The molecule has 0 aliphatic carbocycles. The van der Waals surface area contributed by atoms with Gasteiger partial charge in [-0.1, -0.05) is 42.1 Å². The van der Waals surface area contributed by atoms with Crippen molar-refractivity contribution in [2.24, 2.45) is 0 Å². The Balaban J connectivity index is 1.69. The summed E-state index contributed by atoms with van der Waals surface area (Å²) in [5.41, 5.74) is 1.10. The fourth-order valence-electron chi connectivity index (χ4n) is 3.29. The van der Waals surface area contributed by atoms with Gasteiger partial charge < -0.3 is 9.26 Å². The lowest BCUT2D eigenvalue weighted by atomic mass is 10.0. The molecule has 0 spiro atoms. The van der Waals surface area contributed by atoms with Crippen LogP contribution < -0.4 is 9.46 Å². The number of non-ortho nitro benzene ring substituents is 1. The minimum atomic E-state index is -3.99. The van der Waals surface area contributed by atoms with Crippen molar-refractivity contribution < 1.29 is 22.6 Å². The van der Waals surface area contributed by atoms with Crippen LogP contribution in [0.3, 0.4) is 0 Å². The first-order valence-corrected chi connectivity index (χ1v) is 11.8. The molecule has 4 rings (SSSR count). The fourth-order valence-corrected chi connectivity index (χ4v) is 4.53. The van der Waals surface area contributed by atoms with Crippen molar-refractivity contribution in [2.45, 2.75) is 10.9 Å². The number of methoxy groups -OCH3 is 1. The number of nitro groups is 1. The predicted octanol–water partition coefficient (Wildman–Crippen LogP) is 4.39. The third-order valence-electron chi connectivity index (χ3n) is 5.16. The van der Waals surface area contributed by atoms with E-state index in [0.717, 1.165) is 0 Å². The summed E-state index contributed by atoms with van der Waals surface area (Å²) in [4.78, 5) is 14.9. The largest absolute Gasteiger partial charge is 0.497 e. The molecule has 0 amide bonds. The Bertz CT molecular complexity index is 1450. The maximum Gasteiger partial charge on any atom is 0.269 e. The van der Waals surface area contributed by atoms with Crippen molar-refractivity contribution in [1.29, 1.82) is 0 Å². The number of hydrogen-bond acceptors (Lipinski definition) is 8. The standard InChI is InChI=1S/C24H20N4O6S/c1-16(24-25-23(26-34-24)18-10-14-20(33-2)15-11-18)22(17-8-12-19(13-9-17)28(29)30)27-35(31,32)21-6-4-3-5-7-21/h3-15,22,27H,1H2,2H3/t22-/m1/s1. The second-order valence-corrected chi connectivity index (χ2v) is 9.11. The van der Waals surface area contributed by atoms with Gasteiger partial charge in [0.2, 0.25) is 15.8 Å². The number of nitrogens with zero attached hydrogens (tertiary/aromatic N) is 3. The molecular formula is C24H20N4O6S. The summed E-state index contributed by atoms with van der Waals surface area (Å²) < 4.78 is 39.3. The normalized spacial score (nSPS) is 12.1. The number of nitro benzene ring substituents is 1. The Labute approximate surface area is 201 Å². The topological polar surface area (TPSA) is 137 Å². The quantitative estimate of drug-likeness (QED) is 0.268. The smallest absolute Gasteiger partial charge is 0.269 e. The highest BCUT2D eigenvalue weighted by Gasteiger charge is 2.28. The summed E-state index contributed by atoms with van der Waals surface area (Å²) in [6, 6.07) is 19.2. The highest BCUT2D eigenvalue weighted by Crippen LogP contribution is 2.32. The number of hydrogen-bond donors (Lipinski definition) is 1. The van der Waals surface area contributed by atoms with E-state index in [1.807, 2.05) is 0 Å². The van der Waals surface area contributed by atoms with Crippen molar-refractivity contribution in [3.63, 3.8) is 0 Å². The van der Waals surface area contributed by atoms with E-state index in [2.05, 4.69) is 21.4 Å². The number of rotatable bonds is 9. The maximum atomic E-state index is 13.1. The van der Waals surface area contributed by atoms with Crippen molar-refractivity contribution >= 4 is 21.3 Å². The summed E-state index contributed by atoms with van der Waals surface area (Å²) >= 11 is 0. The molecule has 1 N–H and O–H groups in total. The van der Waals surface area contributed by atoms with Crippen LogP contribution in [0.2, 0.25) is 0 Å². The molecule has 0 aliphatic rings. The average Bonchev–Trinajstić information content (AvgIpc) is 3.38. The molecule has 1 heterocycles. The first kappa shape index (κ1) is 23.8. The van der Waals surface area contributed by atoms with Gasteiger partial charge in [0.1, 0.15) is 5.75 Å². The second kappa shape index (κ2) is 9.87. The van der Waals surface area contributed by atoms with Crippen molar-refractivity contribution in [1.82, 2.24) is 14.9 Å². The lowest BCUT2D eigenvalue weighted by molar-refractivity contribution is -0.384. The Morgan fingerprint density at radius 1 is 1.06 bits per heavy atom.